The zero-order valence-electron chi connectivity index (χ0n) is 6.01. The lowest BCUT2D eigenvalue weighted by atomic mass is 10.5. The summed E-state index contributed by atoms with van der Waals surface area (Å²) in [6.07, 6.45) is 2.06. The summed E-state index contributed by atoms with van der Waals surface area (Å²) >= 11 is 5.39. The molecule has 2 nitrogen and oxygen atoms in total. The van der Waals surface area contributed by atoms with Crippen LogP contribution in [0.15, 0.2) is 23.4 Å². The Hall–Kier alpha value is -0.620. The van der Waals surface area contributed by atoms with Crippen LogP contribution in [0.3, 0.4) is 0 Å². The Bertz CT molecular complexity index is 341. The van der Waals surface area contributed by atoms with Gasteiger partial charge < -0.3 is 0 Å². The monoisotopic (exact) mass is 229 g/mol. The Kier molecular flexibility index (Phi) is 2.92. The van der Waals surface area contributed by atoms with Crippen LogP contribution in [0, 0.1) is 0 Å². The van der Waals surface area contributed by atoms with E-state index in [1.807, 2.05) is 0 Å². The molecule has 0 aliphatic heterocycles. The average Bonchev–Trinajstić information content (AvgIpc) is 2.02. The topological polar surface area (TPSA) is 30.0 Å². The van der Waals surface area contributed by atoms with Crippen LogP contribution in [0.1, 0.15) is 0 Å². The molecule has 1 aromatic rings. The predicted octanol–water partition coefficient (Wildman–Crippen LogP) is 2.36. The number of nitrogens with zero attached hydrogens (tertiary/aromatic N) is 1. The fraction of sp³-hybridized carbons (Fsp3) is 0.167. The van der Waals surface area contributed by atoms with Gasteiger partial charge in [-0.3, -0.25) is 4.98 Å². The van der Waals surface area contributed by atoms with Crippen molar-refractivity contribution in [2.45, 2.75) is 10.4 Å². The molecule has 72 valence electrons. The van der Waals surface area contributed by atoms with Gasteiger partial charge in [0.2, 0.25) is 0 Å². The van der Waals surface area contributed by atoms with Crippen LogP contribution in [-0.4, -0.2) is 14.7 Å². The first-order chi connectivity index (χ1) is 5.93. The van der Waals surface area contributed by atoms with Crippen molar-refractivity contribution in [2.75, 3.05) is 0 Å². The van der Waals surface area contributed by atoms with Crippen molar-refractivity contribution in [3.63, 3.8) is 0 Å². The third-order valence-electron chi connectivity index (χ3n) is 1.14. The summed E-state index contributed by atoms with van der Waals surface area (Å²) in [6.45, 7) is 0. The quantitative estimate of drug-likeness (QED) is 0.740. The van der Waals surface area contributed by atoms with E-state index in [0.717, 1.165) is 12.3 Å². The SMILES string of the molecule is O=S(c1cnccc1Cl)C(F)(F)F. The van der Waals surface area contributed by atoms with E-state index >= 15 is 0 Å². The summed E-state index contributed by atoms with van der Waals surface area (Å²) in [5, 5.41) is -0.203. The molecule has 7 heteroatoms. The van der Waals surface area contributed by atoms with Crippen LogP contribution >= 0.6 is 11.6 Å². The van der Waals surface area contributed by atoms with Gasteiger partial charge in [0.1, 0.15) is 0 Å². The Labute approximate surface area is 79.2 Å². The third-order valence-corrected chi connectivity index (χ3v) is 2.73. The fourth-order valence-corrected chi connectivity index (χ4v) is 1.59. The van der Waals surface area contributed by atoms with E-state index in [1.165, 1.54) is 6.20 Å². The van der Waals surface area contributed by atoms with Gasteiger partial charge in [-0.1, -0.05) is 11.6 Å². The molecular weight excluding hydrogens is 227 g/mol. The van der Waals surface area contributed by atoms with E-state index in [4.69, 9.17) is 11.6 Å². The van der Waals surface area contributed by atoms with Gasteiger partial charge in [-0.25, -0.2) is 4.21 Å². The number of hydrogen-bond donors (Lipinski definition) is 0. The molecule has 0 saturated heterocycles. The molecule has 0 spiro atoms. The lowest BCUT2D eigenvalue weighted by Gasteiger charge is -2.06. The number of alkyl halides is 3. The minimum Gasteiger partial charge on any atom is -0.263 e. The molecule has 1 rings (SSSR count). The summed E-state index contributed by atoms with van der Waals surface area (Å²) in [6, 6.07) is 1.15. The van der Waals surface area contributed by atoms with Crippen molar-refractivity contribution in [3.8, 4) is 0 Å². The molecule has 0 fully saturated rings. The molecular formula is C6H3ClF3NOS. The molecule has 1 unspecified atom stereocenters. The lowest BCUT2D eigenvalue weighted by Crippen LogP contribution is -2.16. The van der Waals surface area contributed by atoms with Crippen LogP contribution in [0.2, 0.25) is 5.02 Å². The highest BCUT2D eigenvalue weighted by molar-refractivity contribution is 7.86. The van der Waals surface area contributed by atoms with Crippen molar-refractivity contribution in [1.29, 1.82) is 0 Å². The smallest absolute Gasteiger partial charge is 0.263 e. The first-order valence-corrected chi connectivity index (χ1v) is 4.54. The predicted molar refractivity (Wildman–Crippen MR) is 41.7 cm³/mol. The molecule has 0 bridgehead atoms. The second-order valence-corrected chi connectivity index (χ2v) is 3.87. The molecule has 0 aromatic carbocycles. The lowest BCUT2D eigenvalue weighted by molar-refractivity contribution is -0.0384. The largest absolute Gasteiger partial charge is 0.475 e. The molecule has 1 heterocycles. The minimum absolute atomic E-state index is 0.203. The van der Waals surface area contributed by atoms with Gasteiger partial charge in [-0.2, -0.15) is 13.2 Å². The number of hydrogen-bond acceptors (Lipinski definition) is 2. The number of pyridine rings is 1. The minimum atomic E-state index is -4.80. The van der Waals surface area contributed by atoms with E-state index in [-0.39, 0.29) is 5.02 Å². The van der Waals surface area contributed by atoms with Crippen molar-refractivity contribution in [2.24, 2.45) is 0 Å². The highest BCUT2D eigenvalue weighted by Gasteiger charge is 2.39. The zero-order chi connectivity index (χ0) is 10.1. The average molecular weight is 230 g/mol. The van der Waals surface area contributed by atoms with E-state index in [9.17, 15) is 17.4 Å². The normalized spacial score (nSPS) is 14.2. The highest BCUT2D eigenvalue weighted by Crippen LogP contribution is 2.29. The summed E-state index contributed by atoms with van der Waals surface area (Å²) in [7, 11) is -3.11. The summed E-state index contributed by atoms with van der Waals surface area (Å²) in [5.41, 5.74) is -4.80. The molecule has 0 aliphatic rings. The Morgan fingerprint density at radius 2 is 2.08 bits per heavy atom. The van der Waals surface area contributed by atoms with Crippen LogP contribution in [-0.2, 0) is 10.8 Å². The van der Waals surface area contributed by atoms with Crippen LogP contribution in [0.5, 0.6) is 0 Å². The number of aromatic nitrogens is 1. The van der Waals surface area contributed by atoms with Gasteiger partial charge in [-0.05, 0) is 6.07 Å². The molecule has 1 atom stereocenters. The van der Waals surface area contributed by atoms with Gasteiger partial charge in [0.25, 0.3) is 0 Å². The second kappa shape index (κ2) is 3.63. The van der Waals surface area contributed by atoms with Crippen LogP contribution in [0.25, 0.3) is 0 Å². The van der Waals surface area contributed by atoms with Crippen LogP contribution < -0.4 is 0 Å². The molecule has 0 N–H and O–H groups in total. The van der Waals surface area contributed by atoms with E-state index < -0.39 is 21.2 Å². The first kappa shape index (κ1) is 10.5. The third kappa shape index (κ3) is 2.41. The van der Waals surface area contributed by atoms with Gasteiger partial charge in [0.05, 0.1) is 9.92 Å². The van der Waals surface area contributed by atoms with Crippen molar-refractivity contribution >= 4 is 22.4 Å². The zero-order valence-corrected chi connectivity index (χ0v) is 7.58. The van der Waals surface area contributed by atoms with Crippen molar-refractivity contribution in [3.05, 3.63) is 23.5 Å². The fourth-order valence-electron chi connectivity index (χ4n) is 0.624. The van der Waals surface area contributed by atoms with Crippen LogP contribution in [0.4, 0.5) is 13.2 Å². The molecule has 0 amide bonds. The molecule has 13 heavy (non-hydrogen) atoms. The maximum absolute atomic E-state index is 11.9. The molecule has 0 saturated carbocycles. The standard InChI is InChI=1S/C6H3ClF3NOS/c7-4-1-2-11-3-5(4)13(12)6(8,9)10/h1-3H. The number of rotatable bonds is 1. The van der Waals surface area contributed by atoms with E-state index in [1.54, 1.807) is 0 Å². The Morgan fingerprint density at radius 1 is 1.46 bits per heavy atom. The molecule has 1 aromatic heterocycles. The first-order valence-electron chi connectivity index (χ1n) is 3.01. The maximum Gasteiger partial charge on any atom is 0.475 e. The van der Waals surface area contributed by atoms with Gasteiger partial charge in [-0.15, -0.1) is 0 Å². The van der Waals surface area contributed by atoms with E-state index in [2.05, 4.69) is 4.98 Å². The second-order valence-electron chi connectivity index (χ2n) is 2.02. The summed E-state index contributed by atoms with van der Waals surface area (Å²) < 4.78 is 46.5. The summed E-state index contributed by atoms with van der Waals surface area (Å²) in [5.74, 6) is 0. The van der Waals surface area contributed by atoms with Gasteiger partial charge in [0, 0.05) is 12.4 Å². The van der Waals surface area contributed by atoms with Gasteiger partial charge >= 0.3 is 5.51 Å². The van der Waals surface area contributed by atoms with Crippen molar-refractivity contribution in [1.82, 2.24) is 4.98 Å². The Balaban J connectivity index is 3.10. The summed E-state index contributed by atoms with van der Waals surface area (Å²) in [4.78, 5) is 2.89. The molecule has 0 radical (unpaired) electrons. The molecule has 0 aliphatic carbocycles. The maximum atomic E-state index is 11.9. The Morgan fingerprint density at radius 3 is 2.54 bits per heavy atom. The van der Waals surface area contributed by atoms with E-state index in [0.29, 0.717) is 0 Å². The number of halogens is 4. The van der Waals surface area contributed by atoms with Gasteiger partial charge in [0.15, 0.2) is 10.8 Å². The highest BCUT2D eigenvalue weighted by atomic mass is 35.5. The van der Waals surface area contributed by atoms with Crippen molar-refractivity contribution < 1.29 is 17.4 Å².